The maximum atomic E-state index is 14.3. The van der Waals surface area contributed by atoms with Crippen LogP contribution in [0.5, 0.6) is 0 Å². The number of halogens is 2. The molecule has 0 fully saturated rings. The Bertz CT molecular complexity index is 927. The first-order valence-electron chi connectivity index (χ1n) is 7.04. The van der Waals surface area contributed by atoms with Crippen LogP contribution in [-0.2, 0) is 6.54 Å². The fraction of sp³-hybridized carbons (Fsp3) is 0.118. The molecule has 0 amide bonds. The van der Waals surface area contributed by atoms with Crippen LogP contribution in [-0.4, -0.2) is 15.7 Å². The number of thiophene rings is 1. The average Bonchev–Trinajstić information content (AvgIpc) is 2.85. The molecule has 4 rings (SSSR count). The Morgan fingerprint density at radius 1 is 1.17 bits per heavy atom. The summed E-state index contributed by atoms with van der Waals surface area (Å²) in [6, 6.07) is 5.83. The van der Waals surface area contributed by atoms with Crippen molar-refractivity contribution in [3.05, 3.63) is 69.3 Å². The molecule has 2 aromatic heterocycles. The summed E-state index contributed by atoms with van der Waals surface area (Å²) < 4.78 is 28.5. The van der Waals surface area contributed by atoms with Crippen LogP contribution in [0.4, 0.5) is 8.78 Å². The second-order valence-electron chi connectivity index (χ2n) is 5.26. The van der Waals surface area contributed by atoms with Gasteiger partial charge in [0.2, 0.25) is 0 Å². The highest BCUT2D eigenvalue weighted by atomic mass is 32.1. The van der Waals surface area contributed by atoms with Gasteiger partial charge in [-0.15, -0.1) is 11.3 Å². The van der Waals surface area contributed by atoms with E-state index in [1.54, 1.807) is 6.20 Å². The van der Waals surface area contributed by atoms with Crippen molar-refractivity contribution in [1.82, 2.24) is 9.97 Å². The van der Waals surface area contributed by atoms with Gasteiger partial charge in [0.25, 0.3) is 0 Å². The molecule has 23 heavy (non-hydrogen) atoms. The molecule has 0 saturated heterocycles. The second kappa shape index (κ2) is 5.31. The number of benzene rings is 1. The molecular weight excluding hydrogens is 316 g/mol. The largest absolute Gasteiger partial charge is 0.278 e. The number of hydrogen-bond donors (Lipinski definition) is 0. The summed E-state index contributed by atoms with van der Waals surface area (Å²) in [5.41, 5.74) is 2.72. The molecule has 3 aromatic rings. The van der Waals surface area contributed by atoms with Gasteiger partial charge in [0.15, 0.2) is 0 Å². The van der Waals surface area contributed by atoms with Crippen molar-refractivity contribution < 1.29 is 8.78 Å². The molecule has 0 atom stereocenters. The van der Waals surface area contributed by atoms with Crippen LogP contribution in [0, 0.1) is 18.6 Å². The Hall–Kier alpha value is -2.47. The molecule has 6 heteroatoms. The molecule has 0 N–H and O–H groups in total. The van der Waals surface area contributed by atoms with Gasteiger partial charge in [-0.05, 0) is 25.1 Å². The van der Waals surface area contributed by atoms with E-state index in [-0.39, 0.29) is 5.56 Å². The minimum absolute atomic E-state index is 0.0867. The van der Waals surface area contributed by atoms with Crippen molar-refractivity contribution in [3.8, 4) is 11.3 Å². The Labute approximate surface area is 135 Å². The second-order valence-corrected chi connectivity index (χ2v) is 6.51. The van der Waals surface area contributed by atoms with Gasteiger partial charge in [-0.25, -0.2) is 18.7 Å². The zero-order chi connectivity index (χ0) is 16.0. The molecule has 114 valence electrons. The lowest BCUT2D eigenvalue weighted by Gasteiger charge is -2.08. The van der Waals surface area contributed by atoms with Crippen LogP contribution in [0.25, 0.3) is 11.3 Å². The van der Waals surface area contributed by atoms with Gasteiger partial charge >= 0.3 is 0 Å². The summed E-state index contributed by atoms with van der Waals surface area (Å²) in [6.45, 7) is 2.25. The van der Waals surface area contributed by atoms with Crippen molar-refractivity contribution in [3.63, 3.8) is 0 Å². The topological polar surface area (TPSA) is 38.1 Å². The zero-order valence-corrected chi connectivity index (χ0v) is 13.0. The molecule has 0 saturated carbocycles. The predicted octanol–water partition coefficient (Wildman–Crippen LogP) is 4.14. The van der Waals surface area contributed by atoms with Crippen LogP contribution in [0.3, 0.4) is 0 Å². The molecule has 0 spiro atoms. The Morgan fingerprint density at radius 3 is 2.74 bits per heavy atom. The lowest BCUT2D eigenvalue weighted by Crippen LogP contribution is -2.08. The summed E-state index contributed by atoms with van der Waals surface area (Å²) in [7, 11) is 0. The van der Waals surface area contributed by atoms with Crippen LogP contribution >= 0.6 is 11.3 Å². The van der Waals surface area contributed by atoms with E-state index < -0.39 is 11.6 Å². The molecule has 0 bridgehead atoms. The van der Waals surface area contributed by atoms with Gasteiger partial charge in [-0.2, -0.15) is 0 Å². The maximum absolute atomic E-state index is 14.3. The number of aliphatic imine (C=N–C) groups is 1. The molecule has 3 heterocycles. The van der Waals surface area contributed by atoms with Crippen molar-refractivity contribution in [2.24, 2.45) is 4.99 Å². The minimum atomic E-state index is -0.613. The highest BCUT2D eigenvalue weighted by molar-refractivity contribution is 7.14. The number of fused-ring (bicyclic) bond motifs is 3. The van der Waals surface area contributed by atoms with Crippen LogP contribution in [0.1, 0.15) is 20.9 Å². The van der Waals surface area contributed by atoms with E-state index in [0.717, 1.165) is 26.6 Å². The summed E-state index contributed by atoms with van der Waals surface area (Å²) in [4.78, 5) is 14.6. The Balaban J connectivity index is 2.02. The normalized spacial score (nSPS) is 13.1. The molecule has 0 radical (unpaired) electrons. The van der Waals surface area contributed by atoms with E-state index in [9.17, 15) is 8.78 Å². The number of aromatic nitrogens is 2. The Kier molecular flexibility index (Phi) is 3.27. The third kappa shape index (κ3) is 2.26. The van der Waals surface area contributed by atoms with Crippen molar-refractivity contribution in [1.29, 1.82) is 0 Å². The molecular formula is C17H11F2N3S. The number of hydrogen-bond acceptors (Lipinski definition) is 4. The van der Waals surface area contributed by atoms with E-state index in [4.69, 9.17) is 0 Å². The standard InChI is InChI=1S/C17H11F2N3S/c1-9-5-11-15-10(6-20-8-22-15)7-21-16(17(11)23-9)14-12(18)3-2-4-13(14)19/h2-6,8H,7H2,1H3. The maximum Gasteiger partial charge on any atom is 0.135 e. The molecule has 1 aliphatic rings. The fourth-order valence-corrected chi connectivity index (χ4v) is 3.76. The molecule has 0 unspecified atom stereocenters. The van der Waals surface area contributed by atoms with Crippen molar-refractivity contribution in [2.75, 3.05) is 0 Å². The summed E-state index contributed by atoms with van der Waals surface area (Å²) in [5.74, 6) is -1.23. The van der Waals surface area contributed by atoms with Gasteiger partial charge in [0.1, 0.15) is 18.0 Å². The third-order valence-corrected chi connectivity index (χ3v) is 4.78. The van der Waals surface area contributed by atoms with Crippen LogP contribution < -0.4 is 0 Å². The smallest absolute Gasteiger partial charge is 0.135 e. The van der Waals surface area contributed by atoms with E-state index in [0.29, 0.717) is 12.3 Å². The number of rotatable bonds is 1. The SMILES string of the molecule is Cc1cc2c(s1)C(c1c(F)cccc1F)=NCc1cncnc1-2. The van der Waals surface area contributed by atoms with Crippen LogP contribution in [0.2, 0.25) is 0 Å². The molecule has 1 aromatic carbocycles. The third-order valence-electron chi connectivity index (χ3n) is 3.72. The molecule has 1 aliphatic heterocycles. The Morgan fingerprint density at radius 2 is 1.96 bits per heavy atom. The minimum Gasteiger partial charge on any atom is -0.278 e. The predicted molar refractivity (Wildman–Crippen MR) is 85.8 cm³/mol. The first-order valence-corrected chi connectivity index (χ1v) is 7.85. The number of aryl methyl sites for hydroxylation is 1. The summed E-state index contributed by atoms with van der Waals surface area (Å²) in [6.07, 6.45) is 3.17. The van der Waals surface area contributed by atoms with E-state index in [1.165, 1.54) is 35.9 Å². The van der Waals surface area contributed by atoms with E-state index in [1.807, 2.05) is 13.0 Å². The lowest BCUT2D eigenvalue weighted by atomic mass is 10.0. The molecule has 0 aliphatic carbocycles. The van der Waals surface area contributed by atoms with Crippen LogP contribution in [0.15, 0.2) is 41.8 Å². The van der Waals surface area contributed by atoms with Gasteiger partial charge < -0.3 is 0 Å². The number of nitrogens with zero attached hydrogens (tertiary/aromatic N) is 3. The van der Waals surface area contributed by atoms with E-state index in [2.05, 4.69) is 15.0 Å². The van der Waals surface area contributed by atoms with Gasteiger partial charge in [-0.1, -0.05) is 6.07 Å². The monoisotopic (exact) mass is 327 g/mol. The highest BCUT2D eigenvalue weighted by Crippen LogP contribution is 2.37. The van der Waals surface area contributed by atoms with E-state index >= 15 is 0 Å². The van der Waals surface area contributed by atoms with Crippen molar-refractivity contribution in [2.45, 2.75) is 13.5 Å². The highest BCUT2D eigenvalue weighted by Gasteiger charge is 2.26. The van der Waals surface area contributed by atoms with Crippen molar-refractivity contribution >= 4 is 17.0 Å². The summed E-state index contributed by atoms with van der Waals surface area (Å²) >= 11 is 1.46. The first-order chi connectivity index (χ1) is 11.1. The quantitative estimate of drug-likeness (QED) is 0.673. The van der Waals surface area contributed by atoms with Gasteiger partial charge in [-0.3, -0.25) is 4.99 Å². The fourth-order valence-electron chi connectivity index (χ4n) is 2.74. The first kappa shape index (κ1) is 14.1. The summed E-state index contributed by atoms with van der Waals surface area (Å²) in [5, 5.41) is 0. The van der Waals surface area contributed by atoms with Gasteiger partial charge in [0.05, 0.1) is 28.4 Å². The molecule has 3 nitrogen and oxygen atoms in total. The van der Waals surface area contributed by atoms with Gasteiger partial charge in [0, 0.05) is 22.2 Å². The zero-order valence-electron chi connectivity index (χ0n) is 12.2. The lowest BCUT2D eigenvalue weighted by molar-refractivity contribution is 0.579. The average molecular weight is 327 g/mol.